The molecule has 2 amide bonds. The molecule has 0 aliphatic heterocycles. The van der Waals surface area contributed by atoms with Gasteiger partial charge in [0.05, 0.1) is 12.8 Å². The van der Waals surface area contributed by atoms with Gasteiger partial charge < -0.3 is 10.1 Å². The summed E-state index contributed by atoms with van der Waals surface area (Å²) in [6.45, 7) is 9.48. The van der Waals surface area contributed by atoms with Crippen LogP contribution in [-0.4, -0.2) is 36.3 Å². The van der Waals surface area contributed by atoms with Gasteiger partial charge in [0.1, 0.15) is 12.1 Å². The van der Waals surface area contributed by atoms with Gasteiger partial charge in [-0.3, -0.25) is 19.8 Å². The maximum atomic E-state index is 12.0. The van der Waals surface area contributed by atoms with Crippen molar-refractivity contribution in [2.45, 2.75) is 78.7 Å². The number of rotatable bonds is 12. The van der Waals surface area contributed by atoms with E-state index in [0.717, 1.165) is 36.8 Å². The molecule has 270 valence electrons. The van der Waals surface area contributed by atoms with E-state index in [1.54, 1.807) is 20.8 Å². The molecule has 0 unspecified atom stereocenters. The van der Waals surface area contributed by atoms with Crippen LogP contribution < -0.4 is 16.6 Å². The molecule has 0 aliphatic carbocycles. The number of amides is 2. The molecule has 0 bridgehead atoms. The number of benzene rings is 4. The van der Waals surface area contributed by atoms with Crippen molar-refractivity contribution < 1.29 is 19.1 Å². The van der Waals surface area contributed by atoms with E-state index in [2.05, 4.69) is 109 Å². The van der Waals surface area contributed by atoms with E-state index < -0.39 is 11.6 Å². The number of carbonyl (C=O) groups excluding carboxylic acids is 3. The lowest BCUT2D eigenvalue weighted by molar-refractivity contribution is -0.154. The largest absolute Gasteiger partial charge is 0.459 e. The van der Waals surface area contributed by atoms with E-state index in [-0.39, 0.29) is 37.2 Å². The summed E-state index contributed by atoms with van der Waals surface area (Å²) in [5.41, 5.74) is 11.3. The Hall–Kier alpha value is -4.17. The SMILES string of the molecule is CCl.Cc1ccc(CCc2ccc(CC(=O)NCC(=O)OC(C)(C)C)cc2)cc1.Cc1ccc(CCc2ccc(CC(=O)NN)cc2)cc1.Cl. The standard InChI is InChI=1S/C23H29NO3.C17H20N2O.CH3Cl.ClH/c1-17-5-7-18(8-6-17)9-10-19-11-13-20(14-12-19)15-21(25)24-16-22(26)27-23(2,3)4;1-13-2-4-14(5-3-13)6-7-15-8-10-16(11-9-15)12-17(20)19-18;1-2;/h5-8,11-14H,9-10,15-16H2,1-4H3,(H,24,25);2-5,8-11H,6-7,12,18H2,1H3,(H,19,20);1H3;1H. The Morgan fingerprint density at radius 1 is 0.580 bits per heavy atom. The van der Waals surface area contributed by atoms with Gasteiger partial charge >= 0.3 is 5.97 Å². The summed E-state index contributed by atoms with van der Waals surface area (Å²) in [7, 11) is 0. The number of hydrazine groups is 1. The van der Waals surface area contributed by atoms with Crippen LogP contribution in [0.2, 0.25) is 0 Å². The first-order chi connectivity index (χ1) is 23.4. The molecule has 7 nitrogen and oxygen atoms in total. The number of halogens is 2. The molecule has 0 aromatic heterocycles. The molecule has 0 spiro atoms. The monoisotopic (exact) mass is 721 g/mol. The fourth-order valence-electron chi connectivity index (χ4n) is 4.77. The van der Waals surface area contributed by atoms with Gasteiger partial charge in [0, 0.05) is 6.38 Å². The highest BCUT2D eigenvalue weighted by Gasteiger charge is 2.16. The van der Waals surface area contributed by atoms with Crippen LogP contribution in [0.1, 0.15) is 65.3 Å². The van der Waals surface area contributed by atoms with Gasteiger partial charge in [0.2, 0.25) is 11.8 Å². The number of carbonyl (C=O) groups is 3. The molecule has 0 saturated heterocycles. The van der Waals surface area contributed by atoms with Crippen molar-refractivity contribution in [3.63, 3.8) is 0 Å². The minimum absolute atomic E-state index is 0. The third kappa shape index (κ3) is 18.6. The smallest absolute Gasteiger partial charge is 0.325 e. The van der Waals surface area contributed by atoms with Gasteiger partial charge in [-0.25, -0.2) is 5.84 Å². The summed E-state index contributed by atoms with van der Waals surface area (Å²) in [5, 5.41) is 2.61. The fraction of sp³-hybridized carbons (Fsp3) is 0.341. The Kier molecular flexibility index (Phi) is 20.4. The summed E-state index contributed by atoms with van der Waals surface area (Å²) in [4.78, 5) is 34.8. The Bertz CT molecular complexity index is 1570. The van der Waals surface area contributed by atoms with Crippen LogP contribution >= 0.6 is 24.0 Å². The van der Waals surface area contributed by atoms with Gasteiger partial charge in [-0.1, -0.05) is 108 Å². The first-order valence-corrected chi connectivity index (χ1v) is 17.3. The van der Waals surface area contributed by atoms with E-state index in [9.17, 15) is 14.4 Å². The average molecular weight is 723 g/mol. The molecule has 0 aliphatic rings. The predicted molar refractivity (Wildman–Crippen MR) is 208 cm³/mol. The number of aryl methyl sites for hydroxylation is 6. The molecule has 0 radical (unpaired) electrons. The molecule has 9 heteroatoms. The number of esters is 1. The normalized spacial score (nSPS) is 10.2. The zero-order valence-corrected chi connectivity index (χ0v) is 31.8. The third-order valence-corrected chi connectivity index (χ3v) is 7.43. The van der Waals surface area contributed by atoms with Gasteiger partial charge in [-0.15, -0.1) is 24.0 Å². The first-order valence-electron chi connectivity index (χ1n) is 16.5. The van der Waals surface area contributed by atoms with Crippen LogP contribution in [0.5, 0.6) is 0 Å². The van der Waals surface area contributed by atoms with Crippen LogP contribution in [0.25, 0.3) is 0 Å². The zero-order chi connectivity index (χ0) is 36.2. The summed E-state index contributed by atoms with van der Waals surface area (Å²) in [6, 6.07) is 33.4. The highest BCUT2D eigenvalue weighted by molar-refractivity contribution is 6.15. The maximum Gasteiger partial charge on any atom is 0.325 e. The van der Waals surface area contributed by atoms with Crippen molar-refractivity contribution >= 4 is 41.8 Å². The molecule has 0 atom stereocenters. The highest BCUT2D eigenvalue weighted by atomic mass is 35.5. The fourth-order valence-corrected chi connectivity index (χ4v) is 4.77. The van der Waals surface area contributed by atoms with Gasteiger partial charge in [0.15, 0.2) is 0 Å². The summed E-state index contributed by atoms with van der Waals surface area (Å²) < 4.78 is 5.17. The van der Waals surface area contributed by atoms with Crippen molar-refractivity contribution in [2.24, 2.45) is 5.84 Å². The van der Waals surface area contributed by atoms with E-state index in [1.165, 1.54) is 39.8 Å². The minimum atomic E-state index is -0.545. The second-order valence-corrected chi connectivity index (χ2v) is 12.9. The van der Waals surface area contributed by atoms with E-state index in [1.807, 2.05) is 24.3 Å². The van der Waals surface area contributed by atoms with Crippen molar-refractivity contribution in [1.29, 1.82) is 0 Å². The molecule has 0 fully saturated rings. The van der Waals surface area contributed by atoms with Crippen LogP contribution in [-0.2, 0) is 57.6 Å². The number of alkyl halides is 1. The molecule has 4 aromatic carbocycles. The molecular weight excluding hydrogens is 669 g/mol. The molecule has 50 heavy (non-hydrogen) atoms. The minimum Gasteiger partial charge on any atom is -0.459 e. The first kappa shape index (κ1) is 43.9. The van der Waals surface area contributed by atoms with E-state index in [4.69, 9.17) is 10.6 Å². The second-order valence-electron chi connectivity index (χ2n) is 12.9. The van der Waals surface area contributed by atoms with E-state index in [0.29, 0.717) is 6.42 Å². The van der Waals surface area contributed by atoms with Crippen LogP contribution in [0, 0.1) is 13.8 Å². The number of nitrogens with one attached hydrogen (secondary N) is 2. The van der Waals surface area contributed by atoms with Crippen molar-refractivity contribution in [2.75, 3.05) is 12.9 Å². The quantitative estimate of drug-likeness (QED) is 0.0465. The number of ether oxygens (including phenoxy) is 1. The predicted octanol–water partition coefficient (Wildman–Crippen LogP) is 7.37. The average Bonchev–Trinajstić information content (AvgIpc) is 3.08. The van der Waals surface area contributed by atoms with Gasteiger partial charge in [-0.2, -0.15) is 0 Å². The molecule has 0 heterocycles. The van der Waals surface area contributed by atoms with Crippen LogP contribution in [0.15, 0.2) is 97.1 Å². The number of hydrogen-bond donors (Lipinski definition) is 3. The Balaban J connectivity index is 0.000000485. The molecule has 4 aromatic rings. The molecule has 0 saturated carbocycles. The van der Waals surface area contributed by atoms with Gasteiger partial charge in [0.25, 0.3) is 0 Å². The second kappa shape index (κ2) is 23.3. The summed E-state index contributed by atoms with van der Waals surface area (Å²) in [5.74, 6) is 4.29. The van der Waals surface area contributed by atoms with Crippen molar-refractivity contribution in [3.05, 3.63) is 142 Å². The Morgan fingerprint density at radius 2 is 0.880 bits per heavy atom. The number of nitrogens with two attached hydrogens (primary N) is 1. The van der Waals surface area contributed by atoms with Gasteiger partial charge in [-0.05, 0) is 93.7 Å². The van der Waals surface area contributed by atoms with Crippen LogP contribution in [0.3, 0.4) is 0 Å². The highest BCUT2D eigenvalue weighted by Crippen LogP contribution is 2.12. The Labute approximate surface area is 309 Å². The maximum absolute atomic E-state index is 12.0. The zero-order valence-electron chi connectivity index (χ0n) is 30.2. The lowest BCUT2D eigenvalue weighted by Gasteiger charge is -2.19. The van der Waals surface area contributed by atoms with Crippen molar-refractivity contribution in [1.82, 2.24) is 10.7 Å². The lowest BCUT2D eigenvalue weighted by Crippen LogP contribution is -2.35. The number of hydrogen-bond acceptors (Lipinski definition) is 5. The van der Waals surface area contributed by atoms with E-state index >= 15 is 0 Å². The molecule has 4 N–H and O–H groups in total. The lowest BCUT2D eigenvalue weighted by atomic mass is 10.0. The molecule has 4 rings (SSSR count). The molecular formula is C41H53Cl2N3O4. The Morgan fingerprint density at radius 3 is 1.20 bits per heavy atom. The van der Waals surface area contributed by atoms with Crippen LogP contribution in [0.4, 0.5) is 0 Å². The third-order valence-electron chi connectivity index (χ3n) is 7.43. The summed E-state index contributed by atoms with van der Waals surface area (Å²) in [6.07, 6.45) is 6.05. The topological polar surface area (TPSA) is 111 Å². The van der Waals surface area contributed by atoms with Crippen molar-refractivity contribution in [3.8, 4) is 0 Å². The summed E-state index contributed by atoms with van der Waals surface area (Å²) >= 11 is 4.64.